The molecule has 0 saturated heterocycles. The molecule has 0 unspecified atom stereocenters. The van der Waals surface area contributed by atoms with Crippen LogP contribution in [0.4, 0.5) is 13.2 Å². The topological polar surface area (TPSA) is 38.3 Å². The normalized spacial score (nSPS) is 11.1. The zero-order valence-corrected chi connectivity index (χ0v) is 12.5. The molecule has 0 bridgehead atoms. The Hall–Kier alpha value is -2.50. The van der Waals surface area contributed by atoms with Crippen molar-refractivity contribution in [2.45, 2.75) is 19.1 Å². The van der Waals surface area contributed by atoms with E-state index >= 15 is 0 Å². The van der Waals surface area contributed by atoms with Crippen LogP contribution in [0.5, 0.6) is 5.75 Å². The van der Waals surface area contributed by atoms with E-state index in [1.807, 2.05) is 0 Å². The van der Waals surface area contributed by atoms with E-state index < -0.39 is 11.7 Å². The number of rotatable bonds is 5. The second-order valence-electron chi connectivity index (χ2n) is 5.00. The molecule has 6 heteroatoms. The third-order valence-corrected chi connectivity index (χ3v) is 3.27. The van der Waals surface area contributed by atoms with E-state index in [0.29, 0.717) is 11.3 Å². The lowest BCUT2D eigenvalue weighted by Gasteiger charge is -2.10. The Labute approximate surface area is 132 Å². The Kier molecular flexibility index (Phi) is 5.26. The van der Waals surface area contributed by atoms with Crippen molar-refractivity contribution in [2.75, 3.05) is 7.11 Å². The van der Waals surface area contributed by atoms with Gasteiger partial charge in [-0.1, -0.05) is 24.3 Å². The number of methoxy groups -OCH3 is 1. The van der Waals surface area contributed by atoms with Crippen molar-refractivity contribution in [3.05, 3.63) is 65.2 Å². The number of alkyl halides is 3. The lowest BCUT2D eigenvalue weighted by atomic mass is 10.1. The van der Waals surface area contributed by atoms with Crippen LogP contribution in [0.3, 0.4) is 0 Å². The highest BCUT2D eigenvalue weighted by Gasteiger charge is 2.30. The number of hydrogen-bond acceptors (Lipinski definition) is 2. The maximum atomic E-state index is 12.6. The minimum absolute atomic E-state index is 0.0545. The summed E-state index contributed by atoms with van der Waals surface area (Å²) in [6, 6.07) is 11.9. The molecule has 2 aromatic carbocycles. The quantitative estimate of drug-likeness (QED) is 0.913. The Balaban J connectivity index is 1.91. The predicted octanol–water partition coefficient (Wildman–Crippen LogP) is 3.57. The Morgan fingerprint density at radius 3 is 2.39 bits per heavy atom. The van der Waals surface area contributed by atoms with E-state index in [1.165, 1.54) is 6.07 Å². The average Bonchev–Trinajstić information content (AvgIpc) is 2.53. The molecule has 2 rings (SSSR count). The fourth-order valence-corrected chi connectivity index (χ4v) is 2.05. The van der Waals surface area contributed by atoms with Gasteiger partial charge in [-0.25, -0.2) is 0 Å². The molecule has 0 aliphatic rings. The van der Waals surface area contributed by atoms with Crippen LogP contribution in [-0.2, 0) is 23.9 Å². The standard InChI is InChI=1S/C17H16F3NO2/c1-23-15-7-5-12(6-8-15)10-16(22)21-11-13-3-2-4-14(9-13)17(18,19)20/h2-9H,10-11H2,1H3,(H,21,22). The molecule has 3 nitrogen and oxygen atoms in total. The minimum Gasteiger partial charge on any atom is -0.497 e. The number of benzene rings is 2. The van der Waals surface area contributed by atoms with Crippen LogP contribution in [0.1, 0.15) is 16.7 Å². The van der Waals surface area contributed by atoms with Crippen molar-refractivity contribution in [1.29, 1.82) is 0 Å². The first kappa shape index (κ1) is 16.9. The summed E-state index contributed by atoms with van der Waals surface area (Å²) >= 11 is 0. The SMILES string of the molecule is COc1ccc(CC(=O)NCc2cccc(C(F)(F)F)c2)cc1. The van der Waals surface area contributed by atoms with E-state index in [2.05, 4.69) is 5.32 Å². The maximum Gasteiger partial charge on any atom is 0.416 e. The number of carbonyl (C=O) groups excluding carboxylic acids is 1. The summed E-state index contributed by atoms with van der Waals surface area (Å²) < 4.78 is 42.9. The molecule has 122 valence electrons. The van der Waals surface area contributed by atoms with Gasteiger partial charge in [0.1, 0.15) is 5.75 Å². The van der Waals surface area contributed by atoms with Crippen molar-refractivity contribution in [3.63, 3.8) is 0 Å². The first-order valence-corrected chi connectivity index (χ1v) is 6.94. The highest BCUT2D eigenvalue weighted by molar-refractivity contribution is 5.78. The van der Waals surface area contributed by atoms with Crippen LogP contribution in [0, 0.1) is 0 Å². The lowest BCUT2D eigenvalue weighted by molar-refractivity contribution is -0.137. The molecule has 23 heavy (non-hydrogen) atoms. The summed E-state index contributed by atoms with van der Waals surface area (Å²) in [7, 11) is 1.55. The summed E-state index contributed by atoms with van der Waals surface area (Å²) in [5.74, 6) is 0.436. The van der Waals surface area contributed by atoms with Crippen molar-refractivity contribution in [2.24, 2.45) is 0 Å². The van der Waals surface area contributed by atoms with Gasteiger partial charge in [-0.3, -0.25) is 4.79 Å². The van der Waals surface area contributed by atoms with Crippen LogP contribution in [0.15, 0.2) is 48.5 Å². The summed E-state index contributed by atoms with van der Waals surface area (Å²) in [4.78, 5) is 11.9. The van der Waals surface area contributed by atoms with E-state index in [1.54, 1.807) is 37.4 Å². The molecule has 0 atom stereocenters. The zero-order chi connectivity index (χ0) is 16.9. The van der Waals surface area contributed by atoms with Crippen LogP contribution >= 0.6 is 0 Å². The Morgan fingerprint density at radius 1 is 1.09 bits per heavy atom. The summed E-state index contributed by atoms with van der Waals surface area (Å²) in [6.45, 7) is 0.0545. The molecule has 0 aliphatic carbocycles. The van der Waals surface area contributed by atoms with Gasteiger partial charge in [-0.2, -0.15) is 13.2 Å². The van der Waals surface area contributed by atoms with Crippen LogP contribution in [-0.4, -0.2) is 13.0 Å². The number of halogens is 3. The number of hydrogen-bond donors (Lipinski definition) is 1. The molecule has 0 aromatic heterocycles. The van der Waals surface area contributed by atoms with E-state index in [-0.39, 0.29) is 18.9 Å². The lowest BCUT2D eigenvalue weighted by Crippen LogP contribution is -2.24. The first-order valence-electron chi connectivity index (χ1n) is 6.94. The molecule has 2 aromatic rings. The van der Waals surface area contributed by atoms with Crippen LogP contribution < -0.4 is 10.1 Å². The van der Waals surface area contributed by atoms with Gasteiger partial charge in [0.15, 0.2) is 0 Å². The van der Waals surface area contributed by atoms with Gasteiger partial charge in [0.25, 0.3) is 0 Å². The number of carbonyl (C=O) groups is 1. The molecular formula is C17H16F3NO2. The molecule has 0 saturated carbocycles. The summed E-state index contributed by atoms with van der Waals surface area (Å²) in [5.41, 5.74) is 0.481. The van der Waals surface area contributed by atoms with Gasteiger partial charge in [-0.05, 0) is 35.4 Å². The molecule has 0 fully saturated rings. The molecule has 0 aliphatic heterocycles. The van der Waals surface area contributed by atoms with Crippen molar-refractivity contribution in [3.8, 4) is 5.75 Å². The fourth-order valence-electron chi connectivity index (χ4n) is 2.05. The molecule has 1 N–H and O–H groups in total. The fraction of sp³-hybridized carbons (Fsp3) is 0.235. The highest BCUT2D eigenvalue weighted by Crippen LogP contribution is 2.29. The van der Waals surface area contributed by atoms with Gasteiger partial charge >= 0.3 is 6.18 Å². The van der Waals surface area contributed by atoms with Gasteiger partial charge in [0.05, 0.1) is 19.1 Å². The van der Waals surface area contributed by atoms with Crippen molar-refractivity contribution < 1.29 is 22.7 Å². The summed E-state index contributed by atoms with van der Waals surface area (Å²) in [5, 5.41) is 2.62. The van der Waals surface area contributed by atoms with Gasteiger partial charge in [0, 0.05) is 6.54 Å². The Bertz CT molecular complexity index is 666. The largest absolute Gasteiger partial charge is 0.497 e. The predicted molar refractivity (Wildman–Crippen MR) is 80.0 cm³/mol. The molecule has 0 radical (unpaired) electrons. The number of ether oxygens (including phenoxy) is 1. The molecule has 0 heterocycles. The first-order chi connectivity index (χ1) is 10.9. The third-order valence-electron chi connectivity index (χ3n) is 3.27. The average molecular weight is 323 g/mol. The molecule has 1 amide bonds. The highest BCUT2D eigenvalue weighted by atomic mass is 19.4. The third kappa shape index (κ3) is 5.02. The number of amides is 1. The summed E-state index contributed by atoms with van der Waals surface area (Å²) in [6.07, 6.45) is -4.23. The second kappa shape index (κ2) is 7.17. The van der Waals surface area contributed by atoms with E-state index in [0.717, 1.165) is 17.7 Å². The van der Waals surface area contributed by atoms with Gasteiger partial charge < -0.3 is 10.1 Å². The smallest absolute Gasteiger partial charge is 0.416 e. The van der Waals surface area contributed by atoms with Crippen LogP contribution in [0.2, 0.25) is 0 Å². The van der Waals surface area contributed by atoms with E-state index in [4.69, 9.17) is 4.74 Å². The van der Waals surface area contributed by atoms with Crippen molar-refractivity contribution >= 4 is 5.91 Å². The monoisotopic (exact) mass is 323 g/mol. The van der Waals surface area contributed by atoms with Gasteiger partial charge in [0.2, 0.25) is 5.91 Å². The molecular weight excluding hydrogens is 307 g/mol. The van der Waals surface area contributed by atoms with Crippen LogP contribution in [0.25, 0.3) is 0 Å². The number of nitrogens with one attached hydrogen (secondary N) is 1. The Morgan fingerprint density at radius 2 is 1.78 bits per heavy atom. The second-order valence-corrected chi connectivity index (χ2v) is 5.00. The zero-order valence-electron chi connectivity index (χ0n) is 12.5. The minimum atomic E-state index is -4.39. The van der Waals surface area contributed by atoms with Gasteiger partial charge in [-0.15, -0.1) is 0 Å². The maximum absolute atomic E-state index is 12.6. The van der Waals surface area contributed by atoms with Crippen molar-refractivity contribution in [1.82, 2.24) is 5.32 Å². The molecule has 0 spiro atoms. The van der Waals surface area contributed by atoms with E-state index in [9.17, 15) is 18.0 Å².